The number of ether oxygens (including phenoxy) is 1. The Morgan fingerprint density at radius 1 is 0.977 bits per heavy atom. The number of carbonyl (C=O) groups is 1. The number of carbonyl (C=O) groups excluding carboxylic acids is 1. The highest BCUT2D eigenvalue weighted by atomic mass is 16.5. The fourth-order valence-corrected chi connectivity index (χ4v) is 10.4. The Hall–Kier alpha value is -1.05. The lowest BCUT2D eigenvalue weighted by Gasteiger charge is -2.58. The summed E-state index contributed by atoms with van der Waals surface area (Å²) in [4.78, 5) is 12.8. The Kier molecular flexibility index (Phi) is 10.00. The Labute approximate surface area is 277 Å². The number of esters is 1. The fraction of sp³-hybridized carbons (Fsp3) is 0.878. The molecule has 0 N–H and O–H groups in total. The highest BCUT2D eigenvalue weighted by Crippen LogP contribution is 2.67. The molecule has 0 aromatic rings. The van der Waals surface area contributed by atoms with Crippen molar-refractivity contribution in [2.75, 3.05) is 0 Å². The first kappa shape index (κ1) is 26.1. The van der Waals surface area contributed by atoms with Crippen molar-refractivity contribution in [3.63, 3.8) is 0 Å². The molecule has 4 aliphatic carbocycles. The van der Waals surface area contributed by atoms with E-state index in [1.807, 2.05) is 0 Å². The normalized spacial score (nSPS) is 37.7. The Bertz CT molecular complexity index is 1140. The van der Waals surface area contributed by atoms with Gasteiger partial charge in [0.2, 0.25) is 0 Å². The minimum atomic E-state index is -2.83. The van der Waals surface area contributed by atoms with Crippen LogP contribution in [0.4, 0.5) is 0 Å². The van der Waals surface area contributed by atoms with Crippen LogP contribution in [0.25, 0.3) is 0 Å². The van der Waals surface area contributed by atoms with Crippen molar-refractivity contribution in [1.29, 1.82) is 0 Å². The van der Waals surface area contributed by atoms with Gasteiger partial charge in [-0.1, -0.05) is 117 Å². The van der Waals surface area contributed by atoms with Crippen LogP contribution in [-0.4, -0.2) is 12.1 Å². The van der Waals surface area contributed by atoms with E-state index in [-0.39, 0.29) is 29.3 Å². The van der Waals surface area contributed by atoms with Gasteiger partial charge in [-0.3, -0.25) is 4.79 Å². The third kappa shape index (κ3) is 8.82. The molecule has 3 fully saturated rings. The van der Waals surface area contributed by atoms with Gasteiger partial charge in [-0.15, -0.1) is 0 Å². The van der Waals surface area contributed by atoms with Crippen LogP contribution in [0.1, 0.15) is 186 Å². The van der Waals surface area contributed by atoms with Crippen molar-refractivity contribution in [1.82, 2.24) is 0 Å². The highest BCUT2D eigenvalue weighted by molar-refractivity contribution is 5.69. The number of fused-ring (bicyclic) bond motifs is 5. The Balaban J connectivity index is 1.24. The number of hydrogen-bond acceptors (Lipinski definition) is 2. The quantitative estimate of drug-likeness (QED) is 0.0941. The Morgan fingerprint density at radius 2 is 1.74 bits per heavy atom. The average Bonchev–Trinajstić information content (AvgIpc) is 3.40. The molecular formula is C41H70O2. The van der Waals surface area contributed by atoms with Gasteiger partial charge in [0.25, 0.3) is 0 Å². The molecule has 4 aliphatic rings. The second kappa shape index (κ2) is 16.5. The maximum atomic E-state index is 12.8. The van der Waals surface area contributed by atoms with Crippen molar-refractivity contribution in [2.45, 2.75) is 182 Å². The summed E-state index contributed by atoms with van der Waals surface area (Å²) >= 11 is 0. The lowest BCUT2D eigenvalue weighted by molar-refractivity contribution is -0.151. The third-order valence-electron chi connectivity index (χ3n) is 12.8. The van der Waals surface area contributed by atoms with E-state index in [0.717, 1.165) is 44.9 Å². The standard InChI is InChI=1S/C41H70O2/c1-7-8-9-10-11-12-13-14-15-16-17-21-39(42)43-34-26-28-40(5)33(30-34)22-23-35-37-25-24-36(32(4)20-18-19-31(2)3)41(37,6)29-27-38(35)40/h10-11,22,31-32,34-38H,7-9,12-21,23-30H2,1-6H3/b11-10+/t32-,34+,35+,36-,37+,38+,40+,41-/m1/s1/i2D3,3D3,31D. The maximum Gasteiger partial charge on any atom is 0.306 e. The van der Waals surface area contributed by atoms with Gasteiger partial charge in [-0.25, -0.2) is 0 Å². The maximum absolute atomic E-state index is 12.8. The molecule has 3 saturated carbocycles. The topological polar surface area (TPSA) is 26.3 Å². The van der Waals surface area contributed by atoms with Crippen molar-refractivity contribution >= 4 is 5.97 Å². The van der Waals surface area contributed by atoms with Gasteiger partial charge in [0, 0.05) is 22.4 Å². The number of rotatable bonds is 17. The summed E-state index contributed by atoms with van der Waals surface area (Å²) in [6.07, 6.45) is 28.4. The first-order valence-electron chi connectivity index (χ1n) is 22.0. The zero-order chi connectivity index (χ0) is 36.8. The van der Waals surface area contributed by atoms with Crippen molar-refractivity contribution < 1.29 is 19.1 Å². The molecule has 0 unspecified atom stereocenters. The first-order valence-corrected chi connectivity index (χ1v) is 18.5. The lowest BCUT2D eigenvalue weighted by Crippen LogP contribution is -2.51. The van der Waals surface area contributed by atoms with Crippen LogP contribution in [0, 0.1) is 46.3 Å². The lowest BCUT2D eigenvalue weighted by atomic mass is 9.47. The molecule has 0 saturated heterocycles. The minimum Gasteiger partial charge on any atom is -0.462 e. The largest absolute Gasteiger partial charge is 0.462 e. The molecule has 43 heavy (non-hydrogen) atoms. The molecule has 0 spiro atoms. The second-order valence-corrected chi connectivity index (χ2v) is 15.6. The van der Waals surface area contributed by atoms with Crippen LogP contribution < -0.4 is 0 Å². The van der Waals surface area contributed by atoms with E-state index in [1.54, 1.807) is 0 Å². The average molecular weight is 602 g/mol. The van der Waals surface area contributed by atoms with Gasteiger partial charge in [-0.2, -0.15) is 0 Å². The smallest absolute Gasteiger partial charge is 0.306 e. The fourth-order valence-electron chi connectivity index (χ4n) is 10.4. The molecule has 0 heterocycles. The monoisotopic (exact) mass is 602 g/mol. The SMILES string of the molecule is [2H]C([2H])([2H])C([2H])(CCC[C@@H](C)[C@H]1CC[C@H]2[C@@H]3CC=C4C[C@@H](OC(=O)CCCCCCC/C=C/CCCC)CC[C@]4(C)[C@H]3CC[C@]12C)C([2H])([2H])[2H]. The molecule has 0 radical (unpaired) electrons. The van der Waals surface area contributed by atoms with E-state index < -0.39 is 19.6 Å². The minimum absolute atomic E-state index is 0.0153. The van der Waals surface area contributed by atoms with Gasteiger partial charge in [0.1, 0.15) is 6.10 Å². The molecule has 0 amide bonds. The molecule has 0 aromatic heterocycles. The van der Waals surface area contributed by atoms with Gasteiger partial charge >= 0.3 is 5.97 Å². The van der Waals surface area contributed by atoms with Crippen molar-refractivity contribution in [3.05, 3.63) is 23.8 Å². The molecule has 2 heteroatoms. The predicted molar refractivity (Wildman–Crippen MR) is 184 cm³/mol. The molecule has 0 aromatic carbocycles. The summed E-state index contributed by atoms with van der Waals surface area (Å²) in [5.74, 6) is 0.488. The predicted octanol–water partition coefficient (Wildman–Crippen LogP) is 12.4. The molecule has 246 valence electrons. The zero-order valence-corrected chi connectivity index (χ0v) is 28.4. The molecular weight excluding hydrogens is 524 g/mol. The van der Waals surface area contributed by atoms with E-state index in [0.29, 0.717) is 42.4 Å². The molecule has 8 atom stereocenters. The Morgan fingerprint density at radius 3 is 2.53 bits per heavy atom. The van der Waals surface area contributed by atoms with Crippen molar-refractivity contribution in [2.24, 2.45) is 46.3 Å². The van der Waals surface area contributed by atoms with Crippen LogP contribution in [0.3, 0.4) is 0 Å². The van der Waals surface area contributed by atoms with E-state index >= 15 is 0 Å². The summed E-state index contributed by atoms with van der Waals surface area (Å²) in [6.45, 7) is 3.84. The van der Waals surface area contributed by atoms with Crippen LogP contribution in [-0.2, 0) is 9.53 Å². The second-order valence-electron chi connectivity index (χ2n) is 15.6. The molecule has 4 rings (SSSR count). The third-order valence-corrected chi connectivity index (χ3v) is 12.8. The van der Waals surface area contributed by atoms with Crippen LogP contribution >= 0.6 is 0 Å². The number of allylic oxidation sites excluding steroid dienone is 3. The summed E-state index contributed by atoms with van der Waals surface area (Å²) in [5, 5.41) is 0. The van der Waals surface area contributed by atoms with E-state index in [1.165, 1.54) is 76.2 Å². The first-order chi connectivity index (χ1) is 23.5. The summed E-state index contributed by atoms with van der Waals surface area (Å²) < 4.78 is 61.2. The summed E-state index contributed by atoms with van der Waals surface area (Å²) in [5.41, 5.74) is 1.96. The molecule has 2 nitrogen and oxygen atoms in total. The summed E-state index contributed by atoms with van der Waals surface area (Å²) in [7, 11) is 0. The van der Waals surface area contributed by atoms with E-state index in [9.17, 15) is 4.79 Å². The molecule has 0 aliphatic heterocycles. The highest BCUT2D eigenvalue weighted by Gasteiger charge is 2.59. The van der Waals surface area contributed by atoms with E-state index in [2.05, 4.69) is 45.9 Å². The van der Waals surface area contributed by atoms with Crippen LogP contribution in [0.2, 0.25) is 0 Å². The summed E-state index contributed by atoms with van der Waals surface area (Å²) in [6, 6.07) is 0. The van der Waals surface area contributed by atoms with Crippen molar-refractivity contribution in [3.8, 4) is 0 Å². The van der Waals surface area contributed by atoms with Gasteiger partial charge in [-0.05, 0) is 117 Å². The van der Waals surface area contributed by atoms with Crippen LogP contribution in [0.15, 0.2) is 23.8 Å². The number of unbranched alkanes of at least 4 members (excludes halogenated alkanes) is 7. The zero-order valence-electron chi connectivity index (χ0n) is 35.4. The van der Waals surface area contributed by atoms with E-state index in [4.69, 9.17) is 14.3 Å². The number of hydrogen-bond donors (Lipinski definition) is 0. The van der Waals surface area contributed by atoms with Gasteiger partial charge in [0.05, 0.1) is 0 Å². The molecule has 0 bridgehead atoms. The van der Waals surface area contributed by atoms with Gasteiger partial charge in [0.15, 0.2) is 0 Å². The van der Waals surface area contributed by atoms with Crippen LogP contribution in [0.5, 0.6) is 0 Å². The van der Waals surface area contributed by atoms with Gasteiger partial charge < -0.3 is 4.74 Å².